The van der Waals surface area contributed by atoms with Crippen LogP contribution in [0.25, 0.3) is 0 Å². The number of rotatable bonds is 2. The molecular weight excluding hydrogens is 158 g/mol. The van der Waals surface area contributed by atoms with Gasteiger partial charge in [-0.3, -0.25) is 0 Å². The fraction of sp³-hybridized carbons (Fsp3) is 0.714. The molecule has 1 aromatic heterocycles. The van der Waals surface area contributed by atoms with Gasteiger partial charge in [0.25, 0.3) is 0 Å². The summed E-state index contributed by atoms with van der Waals surface area (Å²) in [6.45, 7) is 4.57. The molecular formula is C7H13N3O2. The zero-order valence-electron chi connectivity index (χ0n) is 7.57. The van der Waals surface area contributed by atoms with Gasteiger partial charge in [0.2, 0.25) is 0 Å². The lowest BCUT2D eigenvalue weighted by Gasteiger charge is -1.97. The monoisotopic (exact) mass is 171 g/mol. The molecule has 0 aliphatic rings. The molecule has 0 amide bonds. The van der Waals surface area contributed by atoms with Crippen molar-refractivity contribution in [1.82, 2.24) is 13.9 Å². The Morgan fingerprint density at radius 3 is 1.92 bits per heavy atom. The first kappa shape index (κ1) is 8.83. The van der Waals surface area contributed by atoms with Crippen molar-refractivity contribution < 1.29 is 0 Å². The number of hydrogen-bond acceptors (Lipinski definition) is 2. The van der Waals surface area contributed by atoms with E-state index >= 15 is 0 Å². The van der Waals surface area contributed by atoms with E-state index in [-0.39, 0.29) is 11.4 Å². The molecule has 0 saturated heterocycles. The molecule has 0 aliphatic heterocycles. The van der Waals surface area contributed by atoms with Crippen molar-refractivity contribution in [3.05, 3.63) is 21.0 Å². The van der Waals surface area contributed by atoms with Crippen LogP contribution in [0.3, 0.4) is 0 Å². The third kappa shape index (κ3) is 1.01. The normalized spacial score (nSPS) is 10.6. The van der Waals surface area contributed by atoms with Crippen LogP contribution in [0.4, 0.5) is 0 Å². The third-order valence-corrected chi connectivity index (χ3v) is 1.94. The molecule has 0 N–H and O–H groups in total. The molecule has 5 heteroatoms. The molecule has 0 aliphatic carbocycles. The fourth-order valence-corrected chi connectivity index (χ4v) is 1.25. The minimum absolute atomic E-state index is 0.229. The maximum absolute atomic E-state index is 11.4. The van der Waals surface area contributed by atoms with Gasteiger partial charge in [-0.25, -0.2) is 23.5 Å². The Labute approximate surface area is 69.8 Å². The minimum atomic E-state index is -0.246. The predicted molar refractivity (Wildman–Crippen MR) is 45.3 cm³/mol. The molecule has 0 fully saturated rings. The van der Waals surface area contributed by atoms with Crippen LogP contribution < -0.4 is 11.4 Å². The van der Waals surface area contributed by atoms with Gasteiger partial charge in [0.15, 0.2) is 0 Å². The van der Waals surface area contributed by atoms with Gasteiger partial charge in [0, 0.05) is 20.1 Å². The highest BCUT2D eigenvalue weighted by molar-refractivity contribution is 4.71. The van der Waals surface area contributed by atoms with Gasteiger partial charge < -0.3 is 0 Å². The summed E-state index contributed by atoms with van der Waals surface area (Å²) in [5, 5.41) is 0. The second-order valence-electron chi connectivity index (χ2n) is 2.55. The van der Waals surface area contributed by atoms with Crippen molar-refractivity contribution in [1.29, 1.82) is 0 Å². The lowest BCUT2D eigenvalue weighted by Crippen LogP contribution is -2.27. The van der Waals surface area contributed by atoms with Crippen LogP contribution in [0.2, 0.25) is 0 Å². The standard InChI is InChI=1S/C7H13N3O2/c1-4-9-6(11)8(3)10(5-2)7(9)12/h4-5H2,1-3H3. The Kier molecular flexibility index (Phi) is 2.21. The molecule has 0 atom stereocenters. The van der Waals surface area contributed by atoms with Crippen molar-refractivity contribution in [2.24, 2.45) is 7.05 Å². The van der Waals surface area contributed by atoms with Gasteiger partial charge in [-0.15, -0.1) is 0 Å². The van der Waals surface area contributed by atoms with E-state index < -0.39 is 0 Å². The third-order valence-electron chi connectivity index (χ3n) is 1.94. The van der Waals surface area contributed by atoms with Gasteiger partial charge >= 0.3 is 11.4 Å². The lowest BCUT2D eigenvalue weighted by molar-refractivity contribution is 0.508. The molecule has 1 heterocycles. The molecule has 0 bridgehead atoms. The van der Waals surface area contributed by atoms with E-state index in [4.69, 9.17) is 0 Å². The molecule has 68 valence electrons. The smallest absolute Gasteiger partial charge is 0.246 e. The van der Waals surface area contributed by atoms with E-state index in [9.17, 15) is 9.59 Å². The van der Waals surface area contributed by atoms with Crippen molar-refractivity contribution in [3.8, 4) is 0 Å². The molecule has 1 aromatic rings. The average Bonchev–Trinajstić information content (AvgIpc) is 2.25. The van der Waals surface area contributed by atoms with E-state index in [1.807, 2.05) is 6.92 Å². The van der Waals surface area contributed by atoms with E-state index in [2.05, 4.69) is 0 Å². The van der Waals surface area contributed by atoms with Gasteiger partial charge in [-0.05, 0) is 13.8 Å². The Bertz CT molecular complexity index is 382. The van der Waals surface area contributed by atoms with Crippen LogP contribution in [0.5, 0.6) is 0 Å². The lowest BCUT2D eigenvalue weighted by atomic mass is 10.7. The van der Waals surface area contributed by atoms with Crippen molar-refractivity contribution in [2.45, 2.75) is 26.9 Å². The first-order chi connectivity index (χ1) is 5.63. The zero-order chi connectivity index (χ0) is 9.30. The molecule has 12 heavy (non-hydrogen) atoms. The number of nitrogens with zero attached hydrogens (tertiary/aromatic N) is 3. The van der Waals surface area contributed by atoms with Crippen LogP contribution in [-0.2, 0) is 20.1 Å². The molecule has 0 unspecified atom stereocenters. The summed E-state index contributed by atoms with van der Waals surface area (Å²) in [4.78, 5) is 22.7. The topological polar surface area (TPSA) is 48.9 Å². The van der Waals surface area contributed by atoms with E-state index in [0.717, 1.165) is 0 Å². The zero-order valence-corrected chi connectivity index (χ0v) is 7.57. The maximum Gasteiger partial charge on any atom is 0.347 e. The minimum Gasteiger partial charge on any atom is -0.246 e. The van der Waals surface area contributed by atoms with Crippen molar-refractivity contribution in [2.75, 3.05) is 0 Å². The van der Waals surface area contributed by atoms with Gasteiger partial charge in [0.1, 0.15) is 0 Å². The van der Waals surface area contributed by atoms with Gasteiger partial charge in [-0.1, -0.05) is 0 Å². The van der Waals surface area contributed by atoms with Gasteiger partial charge in [-0.2, -0.15) is 0 Å². The van der Waals surface area contributed by atoms with E-state index in [1.165, 1.54) is 13.9 Å². The molecule has 5 nitrogen and oxygen atoms in total. The highest BCUT2D eigenvalue weighted by atomic mass is 16.2. The van der Waals surface area contributed by atoms with E-state index in [1.54, 1.807) is 14.0 Å². The Morgan fingerprint density at radius 1 is 1.08 bits per heavy atom. The molecule has 1 rings (SSSR count). The molecule has 0 spiro atoms. The van der Waals surface area contributed by atoms with Gasteiger partial charge in [0.05, 0.1) is 0 Å². The summed E-state index contributed by atoms with van der Waals surface area (Å²) in [6.07, 6.45) is 0. The first-order valence-corrected chi connectivity index (χ1v) is 4.00. The highest BCUT2D eigenvalue weighted by Crippen LogP contribution is 1.76. The highest BCUT2D eigenvalue weighted by Gasteiger charge is 2.08. The van der Waals surface area contributed by atoms with E-state index in [0.29, 0.717) is 13.1 Å². The fourth-order valence-electron chi connectivity index (χ4n) is 1.25. The Balaban J connectivity index is 3.55. The molecule has 0 aromatic carbocycles. The quantitative estimate of drug-likeness (QED) is 0.596. The van der Waals surface area contributed by atoms with Crippen molar-refractivity contribution in [3.63, 3.8) is 0 Å². The maximum atomic E-state index is 11.4. The van der Waals surface area contributed by atoms with Crippen LogP contribution in [-0.4, -0.2) is 13.9 Å². The Hall–Kier alpha value is -1.26. The Morgan fingerprint density at radius 2 is 1.67 bits per heavy atom. The summed E-state index contributed by atoms with van der Waals surface area (Å²) in [6, 6.07) is 0. The van der Waals surface area contributed by atoms with Crippen LogP contribution in [0.1, 0.15) is 13.8 Å². The molecule has 0 saturated carbocycles. The average molecular weight is 171 g/mol. The van der Waals surface area contributed by atoms with Crippen LogP contribution >= 0.6 is 0 Å². The summed E-state index contributed by atoms with van der Waals surface area (Å²) in [5.41, 5.74) is -0.475. The summed E-state index contributed by atoms with van der Waals surface area (Å²) >= 11 is 0. The second-order valence-corrected chi connectivity index (χ2v) is 2.55. The van der Waals surface area contributed by atoms with Crippen LogP contribution in [0, 0.1) is 0 Å². The molecule has 0 radical (unpaired) electrons. The predicted octanol–water partition coefficient (Wildman–Crippen LogP) is -0.612. The summed E-state index contributed by atoms with van der Waals surface area (Å²) in [7, 11) is 1.60. The van der Waals surface area contributed by atoms with Crippen molar-refractivity contribution >= 4 is 0 Å². The SMILES string of the molecule is CCn1c(=O)n(C)n(CC)c1=O. The van der Waals surface area contributed by atoms with Crippen LogP contribution in [0.15, 0.2) is 9.59 Å². The number of hydrogen-bond donors (Lipinski definition) is 0. The largest absolute Gasteiger partial charge is 0.347 e. The first-order valence-electron chi connectivity index (χ1n) is 4.00. The summed E-state index contributed by atoms with van der Waals surface area (Å²) < 4.78 is 3.96. The second kappa shape index (κ2) is 3.00. The number of aromatic nitrogens is 3. The summed E-state index contributed by atoms with van der Waals surface area (Å²) in [5.74, 6) is 0.